The topological polar surface area (TPSA) is 78.5 Å². The molecule has 7 heteroatoms. The predicted molar refractivity (Wildman–Crippen MR) is 117 cm³/mol. The fourth-order valence-corrected chi connectivity index (χ4v) is 5.00. The standard InChI is InChI=1S/C23H25N3O3S/c1-15-6-4-7-16(12-15)13-24-21(27)17-8-5-11-26(14-17)23(29)20-22(28)25-18-9-2-3-10-19(18)30-20/h2-4,6-7,9-10,12,17,20H,5,8,11,13-14H2,1H3,(H,24,27)(H,25,28)/t17-,20+/m0/s1. The number of piperidine rings is 1. The number of amides is 3. The van der Waals surface area contributed by atoms with Gasteiger partial charge in [-0.2, -0.15) is 0 Å². The van der Waals surface area contributed by atoms with Crippen molar-refractivity contribution in [2.75, 3.05) is 18.4 Å². The van der Waals surface area contributed by atoms with Gasteiger partial charge >= 0.3 is 0 Å². The summed E-state index contributed by atoms with van der Waals surface area (Å²) in [5.41, 5.74) is 2.95. The first-order chi connectivity index (χ1) is 14.5. The highest BCUT2D eigenvalue weighted by atomic mass is 32.2. The molecule has 2 aliphatic rings. The van der Waals surface area contributed by atoms with Gasteiger partial charge in [0, 0.05) is 24.5 Å². The number of benzene rings is 2. The molecular weight excluding hydrogens is 398 g/mol. The number of para-hydroxylation sites is 1. The number of rotatable bonds is 4. The molecule has 2 aromatic rings. The third-order valence-electron chi connectivity index (χ3n) is 5.51. The second-order valence-electron chi connectivity index (χ2n) is 7.81. The molecule has 0 saturated carbocycles. The van der Waals surface area contributed by atoms with Crippen LogP contribution in [0.25, 0.3) is 0 Å². The lowest BCUT2D eigenvalue weighted by molar-refractivity contribution is -0.137. The van der Waals surface area contributed by atoms with Crippen LogP contribution < -0.4 is 10.6 Å². The van der Waals surface area contributed by atoms with Gasteiger partial charge in [-0.3, -0.25) is 14.4 Å². The van der Waals surface area contributed by atoms with Crippen LogP contribution in [0.1, 0.15) is 24.0 Å². The van der Waals surface area contributed by atoms with Crippen LogP contribution in [-0.4, -0.2) is 41.0 Å². The van der Waals surface area contributed by atoms with Crippen molar-refractivity contribution in [3.63, 3.8) is 0 Å². The monoisotopic (exact) mass is 423 g/mol. The van der Waals surface area contributed by atoms with Gasteiger partial charge in [0.2, 0.25) is 17.7 Å². The molecule has 6 nitrogen and oxygen atoms in total. The normalized spacial score (nSPS) is 20.8. The largest absolute Gasteiger partial charge is 0.352 e. The Labute approximate surface area is 180 Å². The summed E-state index contributed by atoms with van der Waals surface area (Å²) in [7, 11) is 0. The molecule has 3 amide bonds. The van der Waals surface area contributed by atoms with Gasteiger partial charge in [-0.15, -0.1) is 11.8 Å². The van der Waals surface area contributed by atoms with E-state index in [1.165, 1.54) is 11.8 Å². The van der Waals surface area contributed by atoms with Crippen molar-refractivity contribution in [1.29, 1.82) is 0 Å². The van der Waals surface area contributed by atoms with Gasteiger partial charge in [0.1, 0.15) is 0 Å². The number of anilines is 1. The molecule has 2 aliphatic heterocycles. The van der Waals surface area contributed by atoms with Crippen molar-refractivity contribution >= 4 is 35.2 Å². The van der Waals surface area contributed by atoms with E-state index in [9.17, 15) is 14.4 Å². The van der Waals surface area contributed by atoms with E-state index in [1.54, 1.807) is 4.90 Å². The summed E-state index contributed by atoms with van der Waals surface area (Å²) in [5, 5.41) is 5.00. The number of aryl methyl sites for hydroxylation is 1. The van der Waals surface area contributed by atoms with Crippen molar-refractivity contribution in [3.05, 3.63) is 59.7 Å². The molecule has 2 N–H and O–H groups in total. The predicted octanol–water partition coefficient (Wildman–Crippen LogP) is 2.96. The molecule has 156 valence electrons. The fourth-order valence-electron chi connectivity index (χ4n) is 3.93. The Bertz CT molecular complexity index is 978. The van der Waals surface area contributed by atoms with Crippen LogP contribution in [0.15, 0.2) is 53.4 Å². The van der Waals surface area contributed by atoms with Crippen molar-refractivity contribution in [3.8, 4) is 0 Å². The average Bonchev–Trinajstić information content (AvgIpc) is 2.76. The van der Waals surface area contributed by atoms with Gasteiger partial charge in [0.25, 0.3) is 0 Å². The van der Waals surface area contributed by atoms with E-state index in [2.05, 4.69) is 10.6 Å². The van der Waals surface area contributed by atoms with E-state index in [1.807, 2.05) is 55.5 Å². The Morgan fingerprint density at radius 1 is 1.20 bits per heavy atom. The zero-order valence-corrected chi connectivity index (χ0v) is 17.7. The Morgan fingerprint density at radius 3 is 2.87 bits per heavy atom. The highest BCUT2D eigenvalue weighted by Gasteiger charge is 2.38. The van der Waals surface area contributed by atoms with Crippen LogP contribution in [-0.2, 0) is 20.9 Å². The first-order valence-electron chi connectivity index (χ1n) is 10.2. The van der Waals surface area contributed by atoms with Crippen LogP contribution in [0.3, 0.4) is 0 Å². The SMILES string of the molecule is Cc1cccc(CNC(=O)[C@H]2CCCN(C(=O)[C@@H]3Sc4ccccc4NC3=O)C2)c1. The molecule has 0 spiro atoms. The molecule has 0 bridgehead atoms. The Balaban J connectivity index is 1.37. The number of fused-ring (bicyclic) bond motifs is 1. The van der Waals surface area contributed by atoms with E-state index >= 15 is 0 Å². The van der Waals surface area contributed by atoms with E-state index < -0.39 is 5.25 Å². The van der Waals surface area contributed by atoms with Crippen molar-refractivity contribution in [2.45, 2.75) is 36.5 Å². The molecule has 1 saturated heterocycles. The first kappa shape index (κ1) is 20.5. The summed E-state index contributed by atoms with van der Waals surface area (Å²) in [6.45, 7) is 3.42. The molecule has 2 heterocycles. The van der Waals surface area contributed by atoms with Crippen LogP contribution in [0.5, 0.6) is 0 Å². The number of hydrogen-bond donors (Lipinski definition) is 2. The maximum absolute atomic E-state index is 13.1. The van der Waals surface area contributed by atoms with Crippen LogP contribution in [0, 0.1) is 12.8 Å². The number of likely N-dealkylation sites (tertiary alicyclic amines) is 1. The molecule has 30 heavy (non-hydrogen) atoms. The average molecular weight is 424 g/mol. The number of thioether (sulfide) groups is 1. The van der Waals surface area contributed by atoms with Gasteiger partial charge in [0.05, 0.1) is 11.6 Å². The van der Waals surface area contributed by atoms with Crippen molar-refractivity contribution in [1.82, 2.24) is 10.2 Å². The highest BCUT2D eigenvalue weighted by Crippen LogP contribution is 2.36. The van der Waals surface area contributed by atoms with E-state index in [0.29, 0.717) is 19.6 Å². The van der Waals surface area contributed by atoms with Crippen LogP contribution in [0.4, 0.5) is 5.69 Å². The van der Waals surface area contributed by atoms with Crippen molar-refractivity contribution in [2.24, 2.45) is 5.92 Å². The summed E-state index contributed by atoms with van der Waals surface area (Å²) >= 11 is 1.28. The zero-order chi connectivity index (χ0) is 21.1. The van der Waals surface area contributed by atoms with Gasteiger partial charge in [-0.05, 0) is 37.5 Å². The molecule has 0 unspecified atom stereocenters. The molecule has 0 radical (unpaired) electrons. The van der Waals surface area contributed by atoms with E-state index in [-0.39, 0.29) is 23.6 Å². The Morgan fingerprint density at radius 2 is 2.03 bits per heavy atom. The number of carbonyl (C=O) groups is 3. The number of nitrogens with one attached hydrogen (secondary N) is 2. The molecule has 1 fully saturated rings. The highest BCUT2D eigenvalue weighted by molar-refractivity contribution is 8.01. The smallest absolute Gasteiger partial charge is 0.247 e. The lowest BCUT2D eigenvalue weighted by atomic mass is 9.96. The molecule has 4 rings (SSSR count). The van der Waals surface area contributed by atoms with E-state index in [4.69, 9.17) is 0 Å². The maximum Gasteiger partial charge on any atom is 0.247 e. The van der Waals surface area contributed by atoms with E-state index in [0.717, 1.165) is 34.6 Å². The summed E-state index contributed by atoms with van der Waals surface area (Å²) in [5.74, 6) is -0.811. The minimum atomic E-state index is -0.811. The molecule has 0 aromatic heterocycles. The summed E-state index contributed by atoms with van der Waals surface area (Å²) < 4.78 is 0. The Hall–Kier alpha value is -2.80. The second-order valence-corrected chi connectivity index (χ2v) is 8.96. The third kappa shape index (κ3) is 4.51. The summed E-state index contributed by atoms with van der Waals surface area (Å²) in [6, 6.07) is 15.5. The van der Waals surface area contributed by atoms with Crippen molar-refractivity contribution < 1.29 is 14.4 Å². The van der Waals surface area contributed by atoms with Gasteiger partial charge in [-0.25, -0.2) is 0 Å². The first-order valence-corrected chi connectivity index (χ1v) is 11.1. The lowest BCUT2D eigenvalue weighted by Crippen LogP contribution is -2.50. The zero-order valence-electron chi connectivity index (χ0n) is 16.9. The summed E-state index contributed by atoms with van der Waals surface area (Å²) in [6.07, 6.45) is 1.50. The molecule has 2 atom stereocenters. The minimum absolute atomic E-state index is 0.0416. The minimum Gasteiger partial charge on any atom is -0.352 e. The maximum atomic E-state index is 13.1. The molecular formula is C23H25N3O3S. The van der Waals surface area contributed by atoms with Crippen LogP contribution in [0.2, 0.25) is 0 Å². The third-order valence-corrected chi connectivity index (χ3v) is 6.77. The van der Waals surface area contributed by atoms with Gasteiger partial charge in [0.15, 0.2) is 5.25 Å². The molecule has 0 aliphatic carbocycles. The lowest BCUT2D eigenvalue weighted by Gasteiger charge is -2.35. The Kier molecular flexibility index (Phi) is 6.08. The fraction of sp³-hybridized carbons (Fsp3) is 0.348. The quantitative estimate of drug-likeness (QED) is 0.741. The molecule has 2 aromatic carbocycles. The number of hydrogen-bond acceptors (Lipinski definition) is 4. The summed E-state index contributed by atoms with van der Waals surface area (Å²) in [4.78, 5) is 40.8. The van der Waals surface area contributed by atoms with Gasteiger partial charge < -0.3 is 15.5 Å². The van der Waals surface area contributed by atoms with Crippen LogP contribution >= 0.6 is 11.8 Å². The van der Waals surface area contributed by atoms with Gasteiger partial charge in [-0.1, -0.05) is 42.0 Å². The number of carbonyl (C=O) groups excluding carboxylic acids is 3. The second kappa shape index (κ2) is 8.92. The number of nitrogens with zero attached hydrogens (tertiary/aromatic N) is 1.